The Balaban J connectivity index is 1.24. The molecule has 0 spiro atoms. The number of methoxy groups -OCH3 is 1. The summed E-state index contributed by atoms with van der Waals surface area (Å²) in [4.78, 5) is 30.6. The molecule has 4 aromatic rings. The van der Waals surface area contributed by atoms with Crippen LogP contribution in [0.5, 0.6) is 5.88 Å². The predicted molar refractivity (Wildman–Crippen MR) is 171 cm³/mol. The van der Waals surface area contributed by atoms with Gasteiger partial charge in [0.05, 0.1) is 19.0 Å². The first-order valence-corrected chi connectivity index (χ1v) is 15.8. The number of benzene rings is 2. The summed E-state index contributed by atoms with van der Waals surface area (Å²) in [6.07, 6.45) is 6.15. The van der Waals surface area contributed by atoms with Crippen molar-refractivity contribution in [2.75, 3.05) is 20.2 Å². The molecule has 2 N–H and O–H groups in total. The maximum Gasteiger partial charge on any atom is 0.342 e. The fourth-order valence-electron chi connectivity index (χ4n) is 7.20. The highest BCUT2D eigenvalue weighted by Crippen LogP contribution is 2.42. The third-order valence-corrected chi connectivity index (χ3v) is 9.42. The molecule has 0 bridgehead atoms. The number of amides is 1. The van der Waals surface area contributed by atoms with Crippen LogP contribution < -0.4 is 4.74 Å². The average molecular weight is 609 g/mol. The molecular formula is C36H40N4O5. The number of carbonyl (C=O) groups is 2. The molecule has 1 aliphatic carbocycles. The van der Waals surface area contributed by atoms with Crippen LogP contribution >= 0.6 is 0 Å². The van der Waals surface area contributed by atoms with Gasteiger partial charge in [-0.25, -0.2) is 9.78 Å². The minimum atomic E-state index is -1.10. The molecule has 2 aromatic heterocycles. The number of aliphatic hydroxyl groups excluding tert-OH is 1. The number of aromatic carboxylic acids is 1. The van der Waals surface area contributed by atoms with Crippen molar-refractivity contribution in [3.63, 3.8) is 0 Å². The van der Waals surface area contributed by atoms with Crippen LogP contribution in [0.2, 0.25) is 0 Å². The van der Waals surface area contributed by atoms with Gasteiger partial charge in [-0.1, -0.05) is 49.4 Å². The second kappa shape index (κ2) is 12.9. The van der Waals surface area contributed by atoms with Crippen molar-refractivity contribution in [3.05, 3.63) is 94.2 Å². The average Bonchev–Trinajstić information content (AvgIpc) is 3.69. The van der Waals surface area contributed by atoms with Crippen molar-refractivity contribution in [1.29, 1.82) is 0 Å². The van der Waals surface area contributed by atoms with Gasteiger partial charge in [-0.15, -0.1) is 0 Å². The molecule has 6 rings (SSSR count). The van der Waals surface area contributed by atoms with E-state index < -0.39 is 12.1 Å². The number of aliphatic hydroxyl groups is 1. The van der Waals surface area contributed by atoms with Gasteiger partial charge in [0, 0.05) is 18.7 Å². The molecule has 9 heteroatoms. The van der Waals surface area contributed by atoms with Gasteiger partial charge in [0.2, 0.25) is 5.88 Å². The molecule has 1 saturated heterocycles. The number of likely N-dealkylation sites (tertiary alicyclic amines) is 1. The molecule has 3 heterocycles. The molecule has 2 atom stereocenters. The molecule has 1 aliphatic heterocycles. The number of rotatable bonds is 9. The minimum Gasteiger partial charge on any atom is -0.480 e. The van der Waals surface area contributed by atoms with Gasteiger partial charge in [0.25, 0.3) is 5.91 Å². The molecule has 9 nitrogen and oxygen atoms in total. The molecule has 1 fully saturated rings. The normalized spacial score (nSPS) is 17.2. The summed E-state index contributed by atoms with van der Waals surface area (Å²) >= 11 is 0. The van der Waals surface area contributed by atoms with E-state index in [1.165, 1.54) is 45.8 Å². The van der Waals surface area contributed by atoms with Gasteiger partial charge in [-0.3, -0.25) is 4.79 Å². The lowest BCUT2D eigenvalue weighted by molar-refractivity contribution is -0.140. The zero-order chi connectivity index (χ0) is 31.7. The van der Waals surface area contributed by atoms with E-state index in [1.807, 2.05) is 12.1 Å². The Bertz CT molecular complexity index is 1720. The Hall–Kier alpha value is -4.50. The third kappa shape index (κ3) is 5.96. The molecule has 0 radical (unpaired) electrons. The summed E-state index contributed by atoms with van der Waals surface area (Å²) in [5.74, 6) is 0.123. The fraction of sp³-hybridized carbons (Fsp3) is 0.389. The Morgan fingerprint density at radius 2 is 1.84 bits per heavy atom. The largest absolute Gasteiger partial charge is 0.480 e. The quantitative estimate of drug-likeness (QED) is 0.255. The maximum absolute atomic E-state index is 12.3. The van der Waals surface area contributed by atoms with Crippen LogP contribution in [0.4, 0.5) is 0 Å². The van der Waals surface area contributed by atoms with E-state index in [4.69, 9.17) is 9.72 Å². The maximum atomic E-state index is 12.3. The summed E-state index contributed by atoms with van der Waals surface area (Å²) in [6, 6.07) is 19.1. The number of fused-ring (bicyclic) bond motifs is 1. The van der Waals surface area contributed by atoms with Crippen molar-refractivity contribution in [2.45, 2.75) is 70.3 Å². The highest BCUT2D eigenvalue weighted by atomic mass is 16.5. The van der Waals surface area contributed by atoms with E-state index in [0.29, 0.717) is 30.7 Å². The number of piperidine rings is 1. The number of carboxylic acids is 1. The van der Waals surface area contributed by atoms with E-state index >= 15 is 0 Å². The number of nitrogens with zero attached hydrogens (tertiary/aromatic N) is 4. The highest BCUT2D eigenvalue weighted by Gasteiger charge is 2.29. The number of pyridine rings is 1. The summed E-state index contributed by atoms with van der Waals surface area (Å²) < 4.78 is 6.81. The van der Waals surface area contributed by atoms with Crippen LogP contribution in [-0.4, -0.2) is 68.1 Å². The van der Waals surface area contributed by atoms with Crippen LogP contribution in [0.1, 0.15) is 83.1 Å². The van der Waals surface area contributed by atoms with Crippen LogP contribution in [-0.2, 0) is 24.1 Å². The Labute approximate surface area is 263 Å². The van der Waals surface area contributed by atoms with E-state index in [1.54, 1.807) is 17.9 Å². The lowest BCUT2D eigenvalue weighted by Gasteiger charge is -2.34. The summed E-state index contributed by atoms with van der Waals surface area (Å²) in [7, 11) is 1.43. The van der Waals surface area contributed by atoms with Gasteiger partial charge in [-0.2, -0.15) is 9.78 Å². The van der Waals surface area contributed by atoms with Crippen LogP contribution in [0.15, 0.2) is 60.8 Å². The van der Waals surface area contributed by atoms with E-state index in [0.717, 1.165) is 49.8 Å². The fourth-order valence-corrected chi connectivity index (χ4v) is 7.20. The highest BCUT2D eigenvalue weighted by molar-refractivity contribution is 5.90. The number of aromatic nitrogens is 3. The molecule has 1 amide bonds. The number of carbonyl (C=O) groups excluding carboxylic acids is 1. The molecule has 2 aliphatic rings. The monoisotopic (exact) mass is 608 g/mol. The number of hydrogen-bond donors (Lipinski definition) is 2. The molecular weight excluding hydrogens is 568 g/mol. The summed E-state index contributed by atoms with van der Waals surface area (Å²) in [6.45, 7) is 5.12. The van der Waals surface area contributed by atoms with Gasteiger partial charge >= 0.3 is 5.97 Å². The van der Waals surface area contributed by atoms with Crippen molar-refractivity contribution in [2.24, 2.45) is 0 Å². The Kier molecular flexibility index (Phi) is 8.72. The van der Waals surface area contributed by atoms with E-state index in [2.05, 4.69) is 48.4 Å². The Morgan fingerprint density at radius 1 is 1.07 bits per heavy atom. The summed E-state index contributed by atoms with van der Waals surface area (Å²) in [5, 5.41) is 23.5. The molecule has 234 valence electrons. The van der Waals surface area contributed by atoms with Gasteiger partial charge < -0.3 is 19.8 Å². The van der Waals surface area contributed by atoms with Gasteiger partial charge in [0.15, 0.2) is 5.82 Å². The number of carboxylic acid groups (broad SMARTS) is 1. The third-order valence-electron chi connectivity index (χ3n) is 9.42. The first kappa shape index (κ1) is 30.5. The number of ether oxygens (including phenoxy) is 1. The lowest BCUT2D eigenvalue weighted by Crippen LogP contribution is -2.42. The Morgan fingerprint density at radius 3 is 2.56 bits per heavy atom. The molecule has 0 unspecified atom stereocenters. The SMILES string of the molecule is CCc1cc(C[C@H]2CCc3cccc(-c4cccc(-n5ncc(C(=O)O)c5OC)n4)c32)ccc1C1CCN(C(=O)[C@H](C)O)CC1. The second-order valence-corrected chi connectivity index (χ2v) is 12.1. The second-order valence-electron chi connectivity index (χ2n) is 12.1. The van der Waals surface area contributed by atoms with E-state index in [9.17, 15) is 19.8 Å². The van der Waals surface area contributed by atoms with Gasteiger partial charge in [-0.05, 0) is 97.2 Å². The standard InChI is InChI=1S/C36H40N4O5/c1-4-24-19-23(11-14-28(24)25-15-17-39(18-16-25)34(42)22(2)41)20-27-13-12-26-7-5-8-29(33(26)27)31-9-6-10-32(38-31)40-35(45-3)30(21-37-40)36(43)44/h5-11,14,19,21-22,25,27,41H,4,12-13,15-18,20H2,1-3H3,(H,43,44)/t22-,27+/m0/s1. The zero-order valence-electron chi connectivity index (χ0n) is 26.1. The zero-order valence-corrected chi connectivity index (χ0v) is 26.1. The molecule has 2 aromatic carbocycles. The van der Waals surface area contributed by atoms with Crippen molar-refractivity contribution in [1.82, 2.24) is 19.7 Å². The first-order valence-electron chi connectivity index (χ1n) is 15.8. The first-order chi connectivity index (χ1) is 21.8. The van der Waals surface area contributed by atoms with Crippen molar-refractivity contribution in [3.8, 4) is 23.0 Å². The lowest BCUT2D eigenvalue weighted by atomic mass is 9.83. The minimum absolute atomic E-state index is 0.0141. The van der Waals surface area contributed by atoms with Crippen molar-refractivity contribution < 1.29 is 24.5 Å². The van der Waals surface area contributed by atoms with Crippen LogP contribution in [0.3, 0.4) is 0 Å². The summed E-state index contributed by atoms with van der Waals surface area (Å²) in [5.41, 5.74) is 8.66. The topological polar surface area (TPSA) is 118 Å². The predicted octanol–water partition coefficient (Wildman–Crippen LogP) is 5.56. The van der Waals surface area contributed by atoms with Crippen LogP contribution in [0, 0.1) is 0 Å². The van der Waals surface area contributed by atoms with Crippen molar-refractivity contribution >= 4 is 11.9 Å². The smallest absolute Gasteiger partial charge is 0.342 e. The van der Waals surface area contributed by atoms with Gasteiger partial charge in [0.1, 0.15) is 11.7 Å². The van der Waals surface area contributed by atoms with Crippen LogP contribution in [0.25, 0.3) is 17.1 Å². The number of hydrogen-bond acceptors (Lipinski definition) is 6. The number of aryl methyl sites for hydroxylation is 2. The van der Waals surface area contributed by atoms with E-state index in [-0.39, 0.29) is 17.4 Å². The molecule has 45 heavy (non-hydrogen) atoms. The molecule has 0 saturated carbocycles.